The van der Waals surface area contributed by atoms with Crippen LogP contribution in [0.25, 0.3) is 0 Å². The predicted octanol–water partition coefficient (Wildman–Crippen LogP) is 2.78. The average molecular weight is 267 g/mol. The number of aliphatic hydroxyl groups excluding tert-OH is 1. The summed E-state index contributed by atoms with van der Waals surface area (Å²) in [6.45, 7) is 0.218. The number of benzene rings is 1. The molecule has 0 spiro atoms. The molecule has 2 aliphatic rings. The maximum absolute atomic E-state index is 13.5. The Kier molecular flexibility index (Phi) is 3.54. The Hall–Kier alpha value is -1.00. The van der Waals surface area contributed by atoms with E-state index < -0.39 is 17.7 Å². The fourth-order valence-electron chi connectivity index (χ4n) is 2.81. The Labute approximate surface area is 111 Å². The molecule has 4 heteroatoms. The van der Waals surface area contributed by atoms with Crippen LogP contribution in [-0.2, 0) is 0 Å². The number of rotatable bonds is 6. The maximum atomic E-state index is 13.5. The average Bonchev–Trinajstić information content (AvgIpc) is 3.24. The number of hydrogen-bond acceptors (Lipinski definition) is 2. The van der Waals surface area contributed by atoms with Gasteiger partial charge in [0.05, 0.1) is 11.7 Å². The molecule has 3 rings (SSSR count). The maximum Gasteiger partial charge on any atom is 0.131 e. The van der Waals surface area contributed by atoms with Crippen LogP contribution < -0.4 is 5.32 Å². The monoisotopic (exact) mass is 267 g/mol. The highest BCUT2D eigenvalue weighted by molar-refractivity contribution is 5.22. The molecule has 1 atom stereocenters. The minimum absolute atomic E-state index is 0.218. The minimum atomic E-state index is -1.12. The van der Waals surface area contributed by atoms with Crippen molar-refractivity contribution in [1.29, 1.82) is 0 Å². The minimum Gasteiger partial charge on any atom is -0.387 e. The van der Waals surface area contributed by atoms with Gasteiger partial charge in [-0.25, -0.2) is 8.78 Å². The molecule has 2 nitrogen and oxygen atoms in total. The van der Waals surface area contributed by atoms with Crippen molar-refractivity contribution in [3.63, 3.8) is 0 Å². The van der Waals surface area contributed by atoms with E-state index in [2.05, 4.69) is 5.32 Å². The molecule has 2 saturated carbocycles. The van der Waals surface area contributed by atoms with Crippen LogP contribution >= 0.6 is 0 Å². The molecule has 0 radical (unpaired) electrons. The Morgan fingerprint density at radius 1 is 1.11 bits per heavy atom. The van der Waals surface area contributed by atoms with E-state index >= 15 is 0 Å². The molecule has 2 aliphatic carbocycles. The highest BCUT2D eigenvalue weighted by atomic mass is 19.1. The van der Waals surface area contributed by atoms with E-state index in [9.17, 15) is 13.9 Å². The molecule has 1 aromatic rings. The zero-order valence-corrected chi connectivity index (χ0v) is 10.8. The third-order valence-electron chi connectivity index (χ3n) is 4.14. The van der Waals surface area contributed by atoms with Crippen LogP contribution in [0.1, 0.15) is 37.4 Å². The van der Waals surface area contributed by atoms with Crippen LogP contribution in [0, 0.1) is 23.5 Å². The molecule has 0 aromatic heterocycles. The van der Waals surface area contributed by atoms with Crippen molar-refractivity contribution in [3.8, 4) is 0 Å². The molecule has 0 saturated heterocycles. The summed E-state index contributed by atoms with van der Waals surface area (Å²) in [5, 5.41) is 13.3. The van der Waals surface area contributed by atoms with Gasteiger partial charge >= 0.3 is 0 Å². The second kappa shape index (κ2) is 5.17. The van der Waals surface area contributed by atoms with Crippen molar-refractivity contribution in [2.75, 3.05) is 6.54 Å². The van der Waals surface area contributed by atoms with Crippen molar-refractivity contribution in [1.82, 2.24) is 5.32 Å². The van der Waals surface area contributed by atoms with Crippen molar-refractivity contribution in [2.24, 2.45) is 11.8 Å². The van der Waals surface area contributed by atoms with Gasteiger partial charge < -0.3 is 10.4 Å². The first-order chi connectivity index (χ1) is 9.16. The molecule has 1 unspecified atom stereocenters. The molecule has 104 valence electrons. The van der Waals surface area contributed by atoms with Gasteiger partial charge in [0, 0.05) is 12.6 Å². The second-order valence-corrected chi connectivity index (χ2v) is 5.76. The van der Waals surface area contributed by atoms with Gasteiger partial charge in [-0.1, -0.05) is 6.07 Å². The molecular formula is C15H19F2NO. The molecule has 0 aliphatic heterocycles. The molecule has 1 aromatic carbocycles. The largest absolute Gasteiger partial charge is 0.387 e. The van der Waals surface area contributed by atoms with Gasteiger partial charge in [-0.2, -0.15) is 0 Å². The fraction of sp³-hybridized carbons (Fsp3) is 0.600. The summed E-state index contributed by atoms with van der Waals surface area (Å²) in [5.41, 5.74) is -0.222. The molecule has 0 heterocycles. The number of aliphatic hydroxyl groups is 1. The smallest absolute Gasteiger partial charge is 0.131 e. The highest BCUT2D eigenvalue weighted by Crippen LogP contribution is 2.44. The van der Waals surface area contributed by atoms with Crippen LogP contribution in [0.2, 0.25) is 0 Å². The van der Waals surface area contributed by atoms with Gasteiger partial charge in [0.15, 0.2) is 0 Å². The summed E-state index contributed by atoms with van der Waals surface area (Å²) in [6.07, 6.45) is 3.81. The molecule has 2 N–H and O–H groups in total. The number of nitrogens with one attached hydrogen (secondary N) is 1. The summed E-state index contributed by atoms with van der Waals surface area (Å²) in [6, 6.07) is 4.09. The summed E-state index contributed by atoms with van der Waals surface area (Å²) < 4.78 is 27.1. The lowest BCUT2D eigenvalue weighted by Crippen LogP contribution is -2.36. The van der Waals surface area contributed by atoms with E-state index in [0.717, 1.165) is 0 Å². The second-order valence-electron chi connectivity index (χ2n) is 5.76. The first-order valence-corrected chi connectivity index (χ1v) is 7.02. The molecule has 0 bridgehead atoms. The van der Waals surface area contributed by atoms with Gasteiger partial charge in [0.25, 0.3) is 0 Å². The first kappa shape index (κ1) is 13.0. The van der Waals surface area contributed by atoms with Gasteiger partial charge in [-0.3, -0.25) is 0 Å². The van der Waals surface area contributed by atoms with Crippen molar-refractivity contribution >= 4 is 0 Å². The lowest BCUT2D eigenvalue weighted by atomic mass is 10.0. The fourth-order valence-corrected chi connectivity index (χ4v) is 2.81. The molecule has 19 heavy (non-hydrogen) atoms. The van der Waals surface area contributed by atoms with E-state index in [-0.39, 0.29) is 12.1 Å². The Bertz CT molecular complexity index is 425. The van der Waals surface area contributed by atoms with Crippen LogP contribution in [0.5, 0.6) is 0 Å². The third-order valence-corrected chi connectivity index (χ3v) is 4.14. The topological polar surface area (TPSA) is 32.3 Å². The van der Waals surface area contributed by atoms with Crippen LogP contribution in [0.3, 0.4) is 0 Å². The van der Waals surface area contributed by atoms with Crippen LogP contribution in [-0.4, -0.2) is 17.7 Å². The van der Waals surface area contributed by atoms with Crippen LogP contribution in [0.15, 0.2) is 18.2 Å². The van der Waals surface area contributed by atoms with Gasteiger partial charge in [-0.05, 0) is 49.7 Å². The molecule has 0 amide bonds. The summed E-state index contributed by atoms with van der Waals surface area (Å²) in [5.74, 6) is 0.0442. The SMILES string of the molecule is OC(CNC(C1CC1)C1CC1)c1c(F)cccc1F. The Balaban J connectivity index is 1.62. The van der Waals surface area contributed by atoms with Crippen molar-refractivity contribution in [3.05, 3.63) is 35.4 Å². The van der Waals surface area contributed by atoms with E-state index in [1.807, 2.05) is 0 Å². The molecule has 2 fully saturated rings. The van der Waals surface area contributed by atoms with E-state index in [0.29, 0.717) is 17.9 Å². The zero-order chi connectivity index (χ0) is 13.4. The van der Waals surface area contributed by atoms with Crippen molar-refractivity contribution in [2.45, 2.75) is 37.8 Å². The standard InChI is InChI=1S/C15H19F2NO/c16-11-2-1-3-12(17)14(11)13(19)8-18-15(9-4-5-9)10-6-7-10/h1-3,9-10,13,15,18-19H,4-8H2. The van der Waals surface area contributed by atoms with E-state index in [1.165, 1.54) is 43.9 Å². The number of hydrogen-bond donors (Lipinski definition) is 2. The summed E-state index contributed by atoms with van der Waals surface area (Å²) >= 11 is 0. The van der Waals surface area contributed by atoms with Gasteiger partial charge in [-0.15, -0.1) is 0 Å². The normalized spacial score (nSPS) is 20.8. The van der Waals surface area contributed by atoms with E-state index in [1.54, 1.807) is 0 Å². The predicted molar refractivity (Wildman–Crippen MR) is 68.6 cm³/mol. The molecular weight excluding hydrogens is 248 g/mol. The third kappa shape index (κ3) is 2.95. The summed E-state index contributed by atoms with van der Waals surface area (Å²) in [4.78, 5) is 0. The lowest BCUT2D eigenvalue weighted by Gasteiger charge is -2.21. The van der Waals surface area contributed by atoms with E-state index in [4.69, 9.17) is 0 Å². The zero-order valence-electron chi connectivity index (χ0n) is 10.8. The quantitative estimate of drug-likeness (QED) is 0.830. The van der Waals surface area contributed by atoms with Gasteiger partial charge in [0.1, 0.15) is 11.6 Å². The lowest BCUT2D eigenvalue weighted by molar-refractivity contribution is 0.156. The Morgan fingerprint density at radius 2 is 1.63 bits per heavy atom. The van der Waals surface area contributed by atoms with Crippen molar-refractivity contribution < 1.29 is 13.9 Å². The Morgan fingerprint density at radius 3 is 2.11 bits per heavy atom. The summed E-state index contributed by atoms with van der Waals surface area (Å²) in [7, 11) is 0. The van der Waals surface area contributed by atoms with Crippen LogP contribution in [0.4, 0.5) is 8.78 Å². The first-order valence-electron chi connectivity index (χ1n) is 7.02. The number of halogens is 2. The van der Waals surface area contributed by atoms with Gasteiger partial charge in [0.2, 0.25) is 0 Å². The highest BCUT2D eigenvalue weighted by Gasteiger charge is 2.41.